The molecule has 4 heteroatoms. The number of halogens is 3. The van der Waals surface area contributed by atoms with Crippen molar-refractivity contribution in [3.63, 3.8) is 0 Å². The van der Waals surface area contributed by atoms with E-state index in [-0.39, 0.29) is 0 Å². The van der Waals surface area contributed by atoms with E-state index in [4.69, 9.17) is 0 Å². The lowest BCUT2D eigenvalue weighted by Crippen LogP contribution is -1.84. The molecule has 0 fully saturated rings. The molecule has 0 unspecified atom stereocenters. The van der Waals surface area contributed by atoms with Crippen molar-refractivity contribution in [2.45, 2.75) is 0 Å². The van der Waals surface area contributed by atoms with Crippen molar-refractivity contribution in [1.82, 2.24) is 4.98 Å². The number of hydrogen-bond donors (Lipinski definition) is 1. The van der Waals surface area contributed by atoms with Crippen molar-refractivity contribution >= 4 is 10.9 Å². The molecule has 0 bridgehead atoms. The van der Waals surface area contributed by atoms with E-state index in [1.54, 1.807) is 18.2 Å². The highest BCUT2D eigenvalue weighted by atomic mass is 19.1. The van der Waals surface area contributed by atoms with Crippen molar-refractivity contribution < 1.29 is 13.2 Å². The zero-order valence-electron chi connectivity index (χ0n) is 9.18. The van der Waals surface area contributed by atoms with Crippen molar-refractivity contribution in [3.8, 4) is 11.3 Å². The number of aromatic amines is 1. The molecule has 0 aliphatic heterocycles. The fraction of sp³-hybridized carbons (Fsp3) is 0. The fourth-order valence-electron chi connectivity index (χ4n) is 1.98. The predicted molar refractivity (Wildman–Crippen MR) is 63.6 cm³/mol. The molecule has 3 rings (SSSR count). The summed E-state index contributed by atoms with van der Waals surface area (Å²) in [6.07, 6.45) is 0. The zero-order valence-corrected chi connectivity index (χ0v) is 9.18. The van der Waals surface area contributed by atoms with Crippen LogP contribution < -0.4 is 0 Å². The van der Waals surface area contributed by atoms with Gasteiger partial charge in [0.2, 0.25) is 0 Å². The average Bonchev–Trinajstić information content (AvgIpc) is 2.73. The highest BCUT2D eigenvalue weighted by Gasteiger charge is 2.08. The summed E-state index contributed by atoms with van der Waals surface area (Å²) in [5, 5.41) is 0.662. The Labute approximate surface area is 101 Å². The monoisotopic (exact) mass is 247 g/mol. The van der Waals surface area contributed by atoms with Crippen LogP contribution in [-0.4, -0.2) is 4.98 Å². The van der Waals surface area contributed by atoms with Crippen LogP contribution in [0.3, 0.4) is 0 Å². The Morgan fingerprint density at radius 1 is 0.833 bits per heavy atom. The third-order valence-electron chi connectivity index (χ3n) is 2.78. The minimum atomic E-state index is -0.663. The van der Waals surface area contributed by atoms with Gasteiger partial charge in [-0.3, -0.25) is 0 Å². The minimum absolute atomic E-state index is 0.331. The van der Waals surface area contributed by atoms with Gasteiger partial charge in [0.05, 0.1) is 5.52 Å². The molecule has 0 saturated carbocycles. The molecule has 1 heterocycles. The van der Waals surface area contributed by atoms with Gasteiger partial charge in [0, 0.05) is 22.7 Å². The summed E-state index contributed by atoms with van der Waals surface area (Å²) in [6, 6.07) is 9.50. The van der Waals surface area contributed by atoms with Crippen LogP contribution in [0.5, 0.6) is 0 Å². The predicted octanol–water partition coefficient (Wildman–Crippen LogP) is 4.25. The van der Waals surface area contributed by atoms with E-state index in [2.05, 4.69) is 4.98 Å². The highest BCUT2D eigenvalue weighted by Crippen LogP contribution is 2.26. The van der Waals surface area contributed by atoms with Crippen LogP contribution in [0.1, 0.15) is 0 Å². The Kier molecular flexibility index (Phi) is 2.37. The van der Waals surface area contributed by atoms with Gasteiger partial charge in [0.15, 0.2) is 0 Å². The first-order chi connectivity index (χ1) is 8.63. The van der Waals surface area contributed by atoms with E-state index in [1.807, 2.05) is 0 Å². The van der Waals surface area contributed by atoms with Gasteiger partial charge in [0.25, 0.3) is 0 Å². The molecule has 18 heavy (non-hydrogen) atoms. The van der Waals surface area contributed by atoms with E-state index in [1.165, 1.54) is 18.2 Å². The second-order valence-electron chi connectivity index (χ2n) is 4.05. The molecular formula is C14H8F3N. The van der Waals surface area contributed by atoms with E-state index >= 15 is 0 Å². The van der Waals surface area contributed by atoms with Crippen molar-refractivity contribution in [2.24, 2.45) is 0 Å². The molecule has 1 N–H and O–H groups in total. The van der Waals surface area contributed by atoms with Gasteiger partial charge in [-0.25, -0.2) is 13.2 Å². The number of para-hydroxylation sites is 1. The molecule has 2 aromatic carbocycles. The molecular weight excluding hydrogens is 239 g/mol. The van der Waals surface area contributed by atoms with Gasteiger partial charge in [0.1, 0.15) is 17.5 Å². The van der Waals surface area contributed by atoms with Gasteiger partial charge in [-0.15, -0.1) is 0 Å². The molecule has 1 aromatic heterocycles. The third-order valence-corrected chi connectivity index (χ3v) is 2.78. The first-order valence-electron chi connectivity index (χ1n) is 5.37. The van der Waals surface area contributed by atoms with Crippen LogP contribution in [0.2, 0.25) is 0 Å². The van der Waals surface area contributed by atoms with E-state index in [0.29, 0.717) is 22.2 Å². The maximum atomic E-state index is 13.5. The molecule has 3 aromatic rings. The lowest BCUT2D eigenvalue weighted by molar-refractivity contribution is 0.584. The van der Waals surface area contributed by atoms with Crippen LogP contribution in [0, 0.1) is 17.5 Å². The summed E-state index contributed by atoms with van der Waals surface area (Å²) in [7, 11) is 0. The average molecular weight is 247 g/mol. The zero-order chi connectivity index (χ0) is 12.7. The number of H-pyrrole nitrogens is 1. The number of aromatic nitrogens is 1. The van der Waals surface area contributed by atoms with Gasteiger partial charge in [-0.05, 0) is 24.3 Å². The number of fused-ring (bicyclic) bond motifs is 1. The van der Waals surface area contributed by atoms with Crippen LogP contribution in [0.25, 0.3) is 22.2 Å². The smallest absolute Gasteiger partial charge is 0.147 e. The van der Waals surface area contributed by atoms with Crippen LogP contribution in [-0.2, 0) is 0 Å². The van der Waals surface area contributed by atoms with E-state index in [0.717, 1.165) is 6.07 Å². The first-order valence-corrected chi connectivity index (χ1v) is 5.37. The number of rotatable bonds is 1. The summed E-state index contributed by atoms with van der Waals surface area (Å²) in [6.45, 7) is 0. The minimum Gasteiger partial charge on any atom is -0.352 e. The number of hydrogen-bond acceptors (Lipinski definition) is 0. The standard InChI is InChI=1S/C14H8F3N/c15-10-4-9(5-11(16)7-10)13-6-8-2-1-3-12(17)14(8)18-13/h1-7,18H. The molecule has 0 amide bonds. The molecule has 0 aliphatic rings. The largest absolute Gasteiger partial charge is 0.352 e. The first kappa shape index (κ1) is 10.9. The van der Waals surface area contributed by atoms with Crippen LogP contribution >= 0.6 is 0 Å². The van der Waals surface area contributed by atoms with Crippen LogP contribution in [0.4, 0.5) is 13.2 Å². The van der Waals surface area contributed by atoms with Crippen molar-refractivity contribution in [2.75, 3.05) is 0 Å². The number of nitrogens with one attached hydrogen (secondary N) is 1. The van der Waals surface area contributed by atoms with Gasteiger partial charge < -0.3 is 4.98 Å². The normalized spacial score (nSPS) is 11.1. The van der Waals surface area contributed by atoms with Crippen molar-refractivity contribution in [3.05, 3.63) is 59.9 Å². The van der Waals surface area contributed by atoms with Crippen LogP contribution in [0.15, 0.2) is 42.5 Å². The molecule has 0 saturated heterocycles. The third kappa shape index (κ3) is 1.76. The second kappa shape index (κ2) is 3.91. The quantitative estimate of drug-likeness (QED) is 0.661. The number of benzene rings is 2. The Morgan fingerprint density at radius 2 is 1.56 bits per heavy atom. The topological polar surface area (TPSA) is 15.8 Å². The summed E-state index contributed by atoms with van der Waals surface area (Å²) in [5.41, 5.74) is 1.16. The highest BCUT2D eigenvalue weighted by molar-refractivity contribution is 5.86. The summed E-state index contributed by atoms with van der Waals surface area (Å²) in [5.74, 6) is -1.72. The Balaban J connectivity index is 2.22. The summed E-state index contributed by atoms with van der Waals surface area (Å²) in [4.78, 5) is 2.83. The molecule has 0 radical (unpaired) electrons. The molecule has 90 valence electrons. The maximum Gasteiger partial charge on any atom is 0.147 e. The second-order valence-corrected chi connectivity index (χ2v) is 4.05. The van der Waals surface area contributed by atoms with Gasteiger partial charge in [-0.1, -0.05) is 12.1 Å². The maximum absolute atomic E-state index is 13.5. The molecule has 1 nitrogen and oxygen atoms in total. The lowest BCUT2D eigenvalue weighted by atomic mass is 10.1. The van der Waals surface area contributed by atoms with E-state index < -0.39 is 17.5 Å². The lowest BCUT2D eigenvalue weighted by Gasteiger charge is -1.98. The Bertz CT molecular complexity index is 711. The Hall–Kier alpha value is -2.23. The molecule has 0 atom stereocenters. The SMILES string of the molecule is Fc1cc(F)cc(-c2cc3cccc(F)c3[nH]2)c1. The van der Waals surface area contributed by atoms with Crippen molar-refractivity contribution in [1.29, 1.82) is 0 Å². The summed E-state index contributed by atoms with van der Waals surface area (Å²) >= 11 is 0. The van der Waals surface area contributed by atoms with Gasteiger partial charge >= 0.3 is 0 Å². The fourth-order valence-corrected chi connectivity index (χ4v) is 1.98. The molecule has 0 spiro atoms. The Morgan fingerprint density at radius 3 is 2.22 bits per heavy atom. The molecule has 0 aliphatic carbocycles. The van der Waals surface area contributed by atoms with E-state index in [9.17, 15) is 13.2 Å². The summed E-state index contributed by atoms with van der Waals surface area (Å²) < 4.78 is 39.7. The van der Waals surface area contributed by atoms with Gasteiger partial charge in [-0.2, -0.15) is 0 Å².